The van der Waals surface area contributed by atoms with Gasteiger partial charge in [-0.1, -0.05) is 27.2 Å². The number of carbonyl (C=O) groups is 2. The molecule has 0 spiro atoms. The van der Waals surface area contributed by atoms with Crippen molar-refractivity contribution in [3.63, 3.8) is 0 Å². The maximum atomic E-state index is 12.1. The summed E-state index contributed by atoms with van der Waals surface area (Å²) in [5, 5.41) is 0. The first-order valence-corrected chi connectivity index (χ1v) is 6.04. The summed E-state index contributed by atoms with van der Waals surface area (Å²) in [6.07, 6.45) is 1.46. The molecule has 0 aromatic carbocycles. The lowest BCUT2D eigenvalue weighted by Gasteiger charge is -2.23. The molecule has 1 rings (SSSR count). The van der Waals surface area contributed by atoms with Gasteiger partial charge in [-0.3, -0.25) is 9.69 Å². The number of nitrogens with zero attached hydrogens (tertiary/aromatic N) is 2. The Hall–Kier alpha value is -0.770. The van der Waals surface area contributed by atoms with E-state index in [0.717, 1.165) is 10.8 Å². The molecule has 3 amide bonds. The molecule has 2 atom stereocenters. The van der Waals surface area contributed by atoms with Crippen LogP contribution >= 0.6 is 11.8 Å². The normalized spacial score (nSPS) is 27.8. The average Bonchev–Trinajstić information content (AvgIpc) is 2.44. The number of hydrogen-bond acceptors (Lipinski definition) is 2. The predicted octanol–water partition coefficient (Wildman–Crippen LogP) is 2.62. The van der Waals surface area contributed by atoms with Gasteiger partial charge in [0.1, 0.15) is 5.54 Å². The van der Waals surface area contributed by atoms with E-state index >= 15 is 0 Å². The second-order valence-electron chi connectivity index (χ2n) is 4.62. The lowest BCUT2D eigenvalue weighted by Crippen LogP contribution is -2.42. The zero-order valence-electron chi connectivity index (χ0n) is 10.3. The molecule has 16 heavy (non-hydrogen) atoms. The third-order valence-corrected chi connectivity index (χ3v) is 3.94. The van der Waals surface area contributed by atoms with Gasteiger partial charge in [-0.05, 0) is 19.3 Å². The molecule has 4 nitrogen and oxygen atoms in total. The smallest absolute Gasteiger partial charge is 0.272 e. The minimum atomic E-state index is -0.883. The lowest BCUT2D eigenvalue weighted by atomic mass is 9.99. The molecule has 1 fully saturated rings. The molecule has 1 aliphatic heterocycles. The zero-order chi connectivity index (χ0) is 12.5. The predicted molar refractivity (Wildman–Crippen MR) is 63.0 cm³/mol. The first kappa shape index (κ1) is 13.3. The van der Waals surface area contributed by atoms with Gasteiger partial charge in [0.05, 0.1) is 0 Å². The van der Waals surface area contributed by atoms with Gasteiger partial charge in [-0.2, -0.15) is 0 Å². The summed E-state index contributed by atoms with van der Waals surface area (Å²) in [6, 6.07) is -0.392. The van der Waals surface area contributed by atoms with E-state index in [1.54, 1.807) is 6.92 Å². The Bertz CT molecular complexity index is 308. The van der Waals surface area contributed by atoms with Gasteiger partial charge in [0.25, 0.3) is 5.91 Å². The van der Waals surface area contributed by atoms with Crippen LogP contribution in [-0.4, -0.2) is 33.3 Å². The number of carbonyl (C=O) groups excluding carboxylic acids is 2. The van der Waals surface area contributed by atoms with Crippen LogP contribution in [0.3, 0.4) is 0 Å². The van der Waals surface area contributed by atoms with Gasteiger partial charge in [-0.15, -0.1) is 0 Å². The maximum Gasteiger partial charge on any atom is 0.342 e. The molecule has 1 saturated heterocycles. The summed E-state index contributed by atoms with van der Waals surface area (Å²) in [5.41, 5.74) is -0.883. The van der Waals surface area contributed by atoms with E-state index in [-0.39, 0.29) is 5.91 Å². The van der Waals surface area contributed by atoms with Crippen molar-refractivity contribution < 1.29 is 9.59 Å². The summed E-state index contributed by atoms with van der Waals surface area (Å²) < 4.78 is 1.04. The van der Waals surface area contributed by atoms with Crippen LogP contribution < -0.4 is 0 Å². The zero-order valence-corrected chi connectivity index (χ0v) is 11.0. The van der Waals surface area contributed by atoms with E-state index < -0.39 is 11.6 Å². The number of imide groups is 1. The maximum absolute atomic E-state index is 12.1. The van der Waals surface area contributed by atoms with Crippen molar-refractivity contribution >= 4 is 23.7 Å². The Morgan fingerprint density at radius 2 is 1.94 bits per heavy atom. The summed E-state index contributed by atoms with van der Waals surface area (Å²) >= 11 is 5.91. The van der Waals surface area contributed by atoms with Crippen molar-refractivity contribution in [2.24, 2.45) is 5.92 Å². The SMILES string of the molecule is CCC(C)CN1C(=O)N(Cl)C(C)(CC)C1=O. The van der Waals surface area contributed by atoms with Crippen LogP contribution in [0.1, 0.15) is 40.5 Å². The van der Waals surface area contributed by atoms with E-state index in [1.165, 1.54) is 4.90 Å². The van der Waals surface area contributed by atoms with Crippen LogP contribution in [0.4, 0.5) is 4.79 Å². The van der Waals surface area contributed by atoms with Crippen molar-refractivity contribution in [1.82, 2.24) is 9.32 Å². The van der Waals surface area contributed by atoms with E-state index in [9.17, 15) is 9.59 Å². The highest BCUT2D eigenvalue weighted by atomic mass is 35.5. The van der Waals surface area contributed by atoms with Gasteiger partial charge in [0.15, 0.2) is 0 Å². The Morgan fingerprint density at radius 1 is 1.38 bits per heavy atom. The first-order valence-electron chi connectivity index (χ1n) is 5.70. The molecule has 1 heterocycles. The molecular formula is C11H19ClN2O2. The van der Waals surface area contributed by atoms with Crippen LogP contribution in [0.25, 0.3) is 0 Å². The van der Waals surface area contributed by atoms with Gasteiger partial charge < -0.3 is 0 Å². The van der Waals surface area contributed by atoms with Crippen LogP contribution in [0.2, 0.25) is 0 Å². The van der Waals surface area contributed by atoms with Crippen molar-refractivity contribution in [2.75, 3.05) is 6.54 Å². The molecule has 0 bridgehead atoms. The topological polar surface area (TPSA) is 40.6 Å². The highest BCUT2D eigenvalue weighted by Crippen LogP contribution is 2.33. The van der Waals surface area contributed by atoms with Crippen molar-refractivity contribution in [3.8, 4) is 0 Å². The molecular weight excluding hydrogens is 228 g/mol. The largest absolute Gasteiger partial charge is 0.342 e. The molecule has 5 heteroatoms. The Kier molecular flexibility index (Phi) is 3.84. The second kappa shape index (κ2) is 4.62. The summed E-state index contributed by atoms with van der Waals surface area (Å²) in [6.45, 7) is 8.06. The standard InChI is InChI=1S/C11H19ClN2O2/c1-5-8(3)7-13-9(15)11(4,6-2)14(12)10(13)16/h8H,5-7H2,1-4H3. The van der Waals surface area contributed by atoms with Crippen molar-refractivity contribution in [2.45, 2.75) is 46.1 Å². The van der Waals surface area contributed by atoms with Crippen LogP contribution in [0, 0.1) is 5.92 Å². The Morgan fingerprint density at radius 3 is 2.31 bits per heavy atom. The molecule has 0 saturated carbocycles. The fraction of sp³-hybridized carbons (Fsp3) is 0.818. The first-order chi connectivity index (χ1) is 7.38. The van der Waals surface area contributed by atoms with Gasteiger partial charge >= 0.3 is 6.03 Å². The summed E-state index contributed by atoms with van der Waals surface area (Å²) in [5.74, 6) is 0.118. The lowest BCUT2D eigenvalue weighted by molar-refractivity contribution is -0.132. The fourth-order valence-corrected chi connectivity index (χ4v) is 1.95. The van der Waals surface area contributed by atoms with Crippen molar-refractivity contribution in [3.05, 3.63) is 0 Å². The molecule has 0 N–H and O–H groups in total. The molecule has 0 aromatic rings. The minimum absolute atomic E-state index is 0.185. The summed E-state index contributed by atoms with van der Waals surface area (Å²) in [4.78, 5) is 25.2. The number of urea groups is 1. The average molecular weight is 247 g/mol. The van der Waals surface area contributed by atoms with Crippen LogP contribution in [-0.2, 0) is 4.79 Å². The van der Waals surface area contributed by atoms with Crippen molar-refractivity contribution in [1.29, 1.82) is 0 Å². The third kappa shape index (κ3) is 1.90. The molecule has 0 aliphatic carbocycles. The van der Waals surface area contributed by atoms with Gasteiger partial charge in [0, 0.05) is 18.3 Å². The van der Waals surface area contributed by atoms with Gasteiger partial charge in [0.2, 0.25) is 0 Å². The van der Waals surface area contributed by atoms with E-state index in [1.807, 2.05) is 20.8 Å². The highest BCUT2D eigenvalue weighted by Gasteiger charge is 2.53. The van der Waals surface area contributed by atoms with Crippen LogP contribution in [0.5, 0.6) is 0 Å². The number of hydrogen-bond donors (Lipinski definition) is 0. The fourth-order valence-electron chi connectivity index (χ4n) is 1.67. The number of halogens is 1. The Balaban J connectivity index is 2.90. The molecule has 0 radical (unpaired) electrons. The number of amides is 3. The van der Waals surface area contributed by atoms with Gasteiger partial charge in [-0.25, -0.2) is 9.21 Å². The van der Waals surface area contributed by atoms with E-state index in [4.69, 9.17) is 11.8 Å². The second-order valence-corrected chi connectivity index (χ2v) is 4.96. The van der Waals surface area contributed by atoms with Crippen LogP contribution in [0.15, 0.2) is 0 Å². The molecule has 0 aromatic heterocycles. The van der Waals surface area contributed by atoms with E-state index in [0.29, 0.717) is 18.9 Å². The number of rotatable bonds is 4. The monoisotopic (exact) mass is 246 g/mol. The third-order valence-electron chi connectivity index (χ3n) is 3.42. The minimum Gasteiger partial charge on any atom is -0.272 e. The summed E-state index contributed by atoms with van der Waals surface area (Å²) in [7, 11) is 0. The Labute approximate surface area is 102 Å². The molecule has 2 unspecified atom stereocenters. The molecule has 1 aliphatic rings. The van der Waals surface area contributed by atoms with E-state index in [2.05, 4.69) is 0 Å². The quantitative estimate of drug-likeness (QED) is 0.565. The highest BCUT2D eigenvalue weighted by molar-refractivity contribution is 6.28. The molecule has 92 valence electrons.